The van der Waals surface area contributed by atoms with Gasteiger partial charge in [-0.15, -0.1) is 0 Å². The summed E-state index contributed by atoms with van der Waals surface area (Å²) >= 11 is 0. The number of hydrogen-bond donors (Lipinski definition) is 6. The van der Waals surface area contributed by atoms with Crippen molar-refractivity contribution in [2.24, 2.45) is 11.8 Å². The molecule has 10 nitrogen and oxygen atoms in total. The van der Waals surface area contributed by atoms with Crippen LogP contribution in [0.5, 0.6) is 11.5 Å². The van der Waals surface area contributed by atoms with Crippen LogP contribution in [-0.4, -0.2) is 33.8 Å². The summed E-state index contributed by atoms with van der Waals surface area (Å²) in [6, 6.07) is 10.1. The van der Waals surface area contributed by atoms with E-state index in [1.165, 1.54) is 50.7 Å². The molecule has 290 valence electrons. The van der Waals surface area contributed by atoms with Gasteiger partial charge in [-0.25, -0.2) is 0 Å². The Balaban J connectivity index is 1.98. The second-order valence-electron chi connectivity index (χ2n) is 14.1. The predicted molar refractivity (Wildman–Crippen MR) is 208 cm³/mol. The fourth-order valence-electron chi connectivity index (χ4n) is 6.57. The molecule has 0 saturated heterocycles. The Kier molecular flexibility index (Phi) is 21.9. The standard InChI is InChI=1S/C42H66N4O6/c1-5-9-12-14-16-18-24-31-26-20-28-35(37(31)47)41(51)45-43-39(49)33(22-8-4)30-34(23-11-7-3)40(50)44-46-42(52)36-29-21-27-32(38(36)48)25-19-17-15-13-10-6-2/h20-21,26-29,33-34,47-48H,5-19,22-25,30H2,1-4H3,(H,43,49)(H,44,50)(H,45,51)(H,46,52). The lowest BCUT2D eigenvalue weighted by Crippen LogP contribution is -2.47. The molecule has 0 spiro atoms. The number of carbonyl (C=O) groups is 4. The van der Waals surface area contributed by atoms with E-state index in [0.29, 0.717) is 43.2 Å². The maximum absolute atomic E-state index is 13.4. The van der Waals surface area contributed by atoms with Gasteiger partial charge in [0.2, 0.25) is 11.8 Å². The van der Waals surface area contributed by atoms with Crippen molar-refractivity contribution in [3.63, 3.8) is 0 Å². The van der Waals surface area contributed by atoms with E-state index >= 15 is 0 Å². The lowest BCUT2D eigenvalue weighted by atomic mass is 9.87. The van der Waals surface area contributed by atoms with Crippen LogP contribution in [0.1, 0.15) is 175 Å². The van der Waals surface area contributed by atoms with Gasteiger partial charge in [0.05, 0.1) is 11.1 Å². The minimum atomic E-state index is -0.617. The summed E-state index contributed by atoms with van der Waals surface area (Å²) in [5, 5.41) is 21.6. The first-order valence-electron chi connectivity index (χ1n) is 20.0. The molecular formula is C42H66N4O6. The van der Waals surface area contributed by atoms with Crippen molar-refractivity contribution < 1.29 is 29.4 Å². The third-order valence-corrected chi connectivity index (χ3v) is 9.78. The van der Waals surface area contributed by atoms with Gasteiger partial charge < -0.3 is 10.2 Å². The molecule has 4 amide bonds. The molecule has 0 bridgehead atoms. The van der Waals surface area contributed by atoms with Crippen LogP contribution < -0.4 is 21.7 Å². The monoisotopic (exact) mass is 722 g/mol. The van der Waals surface area contributed by atoms with Gasteiger partial charge in [-0.05, 0) is 68.2 Å². The first-order valence-corrected chi connectivity index (χ1v) is 20.0. The third-order valence-electron chi connectivity index (χ3n) is 9.78. The molecule has 10 heteroatoms. The Morgan fingerprint density at radius 2 is 0.904 bits per heavy atom. The van der Waals surface area contributed by atoms with E-state index < -0.39 is 35.5 Å². The molecule has 0 fully saturated rings. The number of hydrazine groups is 2. The molecule has 2 atom stereocenters. The Morgan fingerprint density at radius 3 is 1.33 bits per heavy atom. The molecule has 52 heavy (non-hydrogen) atoms. The van der Waals surface area contributed by atoms with Crippen molar-refractivity contribution in [3.8, 4) is 11.5 Å². The summed E-state index contributed by atoms with van der Waals surface area (Å²) in [5.41, 5.74) is 11.5. The number of carbonyl (C=O) groups excluding carboxylic acids is 4. The number of aryl methyl sites for hydroxylation is 2. The molecule has 0 aliphatic heterocycles. The maximum Gasteiger partial charge on any atom is 0.273 e. The number of benzene rings is 2. The summed E-state index contributed by atoms with van der Waals surface area (Å²) in [6.07, 6.45) is 18.3. The number of hydrogen-bond acceptors (Lipinski definition) is 6. The van der Waals surface area contributed by atoms with Gasteiger partial charge in [0.15, 0.2) is 0 Å². The molecule has 0 saturated carbocycles. The minimum Gasteiger partial charge on any atom is -0.507 e. The lowest BCUT2D eigenvalue weighted by molar-refractivity contribution is -0.129. The Bertz CT molecular complexity index is 1380. The third kappa shape index (κ3) is 15.7. The summed E-state index contributed by atoms with van der Waals surface area (Å²) < 4.78 is 0. The van der Waals surface area contributed by atoms with Crippen LogP contribution in [0.3, 0.4) is 0 Å². The van der Waals surface area contributed by atoms with Gasteiger partial charge >= 0.3 is 0 Å². The number of amides is 4. The molecule has 2 unspecified atom stereocenters. The van der Waals surface area contributed by atoms with E-state index in [9.17, 15) is 29.4 Å². The number of phenols is 2. The molecular weight excluding hydrogens is 656 g/mol. The van der Waals surface area contributed by atoms with Crippen molar-refractivity contribution in [1.82, 2.24) is 21.7 Å². The molecule has 0 aromatic heterocycles. The van der Waals surface area contributed by atoms with Crippen LogP contribution in [0.2, 0.25) is 0 Å². The van der Waals surface area contributed by atoms with Crippen molar-refractivity contribution in [3.05, 3.63) is 58.7 Å². The zero-order valence-corrected chi connectivity index (χ0v) is 32.3. The first-order chi connectivity index (χ1) is 25.2. The molecule has 2 rings (SSSR count). The number of phenolic OH excluding ortho intramolecular Hbond substituents is 2. The average molecular weight is 723 g/mol. The van der Waals surface area contributed by atoms with Crippen LogP contribution in [0.25, 0.3) is 0 Å². The second kappa shape index (κ2) is 25.8. The van der Waals surface area contributed by atoms with E-state index in [-0.39, 0.29) is 29.0 Å². The summed E-state index contributed by atoms with van der Waals surface area (Å²) in [6.45, 7) is 8.32. The number of rotatable bonds is 25. The highest BCUT2D eigenvalue weighted by Gasteiger charge is 2.28. The van der Waals surface area contributed by atoms with Crippen LogP contribution in [0.4, 0.5) is 0 Å². The zero-order chi connectivity index (χ0) is 38.1. The average Bonchev–Trinajstić information content (AvgIpc) is 3.14. The highest BCUT2D eigenvalue weighted by Crippen LogP contribution is 2.27. The highest BCUT2D eigenvalue weighted by molar-refractivity contribution is 5.99. The van der Waals surface area contributed by atoms with Crippen molar-refractivity contribution >= 4 is 23.6 Å². The molecule has 6 N–H and O–H groups in total. The predicted octanol–water partition coefficient (Wildman–Crippen LogP) is 8.74. The number of para-hydroxylation sites is 2. The Morgan fingerprint density at radius 1 is 0.500 bits per heavy atom. The van der Waals surface area contributed by atoms with Crippen LogP contribution in [0, 0.1) is 11.8 Å². The summed E-state index contributed by atoms with van der Waals surface area (Å²) in [5.74, 6) is -3.40. The first kappa shape index (κ1) is 44.1. The van der Waals surface area contributed by atoms with Crippen LogP contribution >= 0.6 is 0 Å². The van der Waals surface area contributed by atoms with Crippen LogP contribution in [0.15, 0.2) is 36.4 Å². The smallest absolute Gasteiger partial charge is 0.273 e. The van der Waals surface area contributed by atoms with Gasteiger partial charge in [0, 0.05) is 11.8 Å². The summed E-state index contributed by atoms with van der Waals surface area (Å²) in [4.78, 5) is 52.8. The Hall–Kier alpha value is -4.08. The second-order valence-corrected chi connectivity index (χ2v) is 14.1. The molecule has 2 aromatic carbocycles. The topological polar surface area (TPSA) is 157 Å². The number of unbranched alkanes of at least 4 members (excludes halogenated alkanes) is 11. The molecule has 0 radical (unpaired) electrons. The maximum atomic E-state index is 13.4. The number of nitrogens with one attached hydrogen (secondary N) is 4. The molecule has 2 aromatic rings. The lowest BCUT2D eigenvalue weighted by Gasteiger charge is -2.23. The van der Waals surface area contributed by atoms with E-state index in [2.05, 4.69) is 35.6 Å². The van der Waals surface area contributed by atoms with Gasteiger partial charge in [-0.1, -0.05) is 135 Å². The molecule has 0 aliphatic carbocycles. The van der Waals surface area contributed by atoms with Crippen molar-refractivity contribution in [2.45, 2.75) is 156 Å². The normalized spacial score (nSPS) is 12.2. The SMILES string of the molecule is CCCCCCCCc1cccc(C(=O)NNC(=O)C(CCC)CC(CCCC)C(=O)NNC(=O)c2cccc(CCCCCCCC)c2O)c1O. The largest absolute Gasteiger partial charge is 0.507 e. The molecule has 0 heterocycles. The van der Waals surface area contributed by atoms with Gasteiger partial charge in [-0.2, -0.15) is 0 Å². The zero-order valence-electron chi connectivity index (χ0n) is 32.3. The molecule has 0 aliphatic rings. The van der Waals surface area contributed by atoms with Gasteiger partial charge in [-0.3, -0.25) is 40.9 Å². The van der Waals surface area contributed by atoms with E-state index in [0.717, 1.165) is 51.4 Å². The van der Waals surface area contributed by atoms with Gasteiger partial charge in [0.25, 0.3) is 11.8 Å². The van der Waals surface area contributed by atoms with E-state index in [1.54, 1.807) is 12.1 Å². The van der Waals surface area contributed by atoms with Crippen molar-refractivity contribution in [1.29, 1.82) is 0 Å². The van der Waals surface area contributed by atoms with E-state index in [1.807, 2.05) is 26.0 Å². The van der Waals surface area contributed by atoms with Crippen LogP contribution in [-0.2, 0) is 22.4 Å². The fraction of sp³-hybridized carbons (Fsp3) is 0.619. The van der Waals surface area contributed by atoms with Gasteiger partial charge in [0.1, 0.15) is 11.5 Å². The summed E-state index contributed by atoms with van der Waals surface area (Å²) in [7, 11) is 0. The van der Waals surface area contributed by atoms with Crippen molar-refractivity contribution in [2.75, 3.05) is 0 Å². The quantitative estimate of drug-likeness (QED) is 0.0445. The fourth-order valence-corrected chi connectivity index (χ4v) is 6.57. The Labute approximate surface area is 312 Å². The number of aromatic hydroxyl groups is 2. The highest BCUT2D eigenvalue weighted by atomic mass is 16.3. The van der Waals surface area contributed by atoms with E-state index in [4.69, 9.17) is 0 Å². The minimum absolute atomic E-state index is 0.0788.